The van der Waals surface area contributed by atoms with Gasteiger partial charge in [0.15, 0.2) is 11.9 Å². The Kier molecular flexibility index (Phi) is 9.72. The number of rotatable bonds is 7. The molecule has 10 N–H and O–H groups in total. The van der Waals surface area contributed by atoms with E-state index in [1.54, 1.807) is 0 Å². The molecule has 0 spiro atoms. The SMILES string of the molecule is O=C1O[C@H]([C@@H](O)CO)C(O)=C1O.OC[C@@H](O)[C@@H](O)[C@H](O)[C@@H](O)CO. The number of cyclic esters (lactones) is 1. The third kappa shape index (κ3) is 5.85. The Morgan fingerprint density at radius 3 is 1.50 bits per heavy atom. The van der Waals surface area contributed by atoms with Gasteiger partial charge in [-0.25, -0.2) is 4.79 Å². The zero-order chi connectivity index (χ0) is 19.0. The van der Waals surface area contributed by atoms with Crippen LogP contribution in [0, 0.1) is 0 Å². The number of ether oxygens (including phenoxy) is 1. The molecule has 0 saturated carbocycles. The van der Waals surface area contributed by atoms with E-state index in [1.807, 2.05) is 0 Å². The van der Waals surface area contributed by atoms with Crippen LogP contribution in [0.3, 0.4) is 0 Å². The van der Waals surface area contributed by atoms with Crippen molar-refractivity contribution in [2.45, 2.75) is 36.6 Å². The minimum Gasteiger partial charge on any atom is -0.505 e. The summed E-state index contributed by atoms with van der Waals surface area (Å²) in [5, 5.41) is 87.2. The lowest BCUT2D eigenvalue weighted by Gasteiger charge is -2.24. The lowest BCUT2D eigenvalue weighted by molar-refractivity contribution is -0.147. The van der Waals surface area contributed by atoms with E-state index in [9.17, 15) is 4.79 Å². The topological polar surface area (TPSA) is 229 Å². The van der Waals surface area contributed by atoms with Crippen LogP contribution in [0.4, 0.5) is 0 Å². The second-order valence-electron chi connectivity index (χ2n) is 4.79. The number of esters is 1. The molecule has 0 fully saturated rings. The van der Waals surface area contributed by atoms with Gasteiger partial charge in [-0.3, -0.25) is 0 Å². The summed E-state index contributed by atoms with van der Waals surface area (Å²) < 4.78 is 4.32. The molecule has 0 aliphatic carbocycles. The predicted molar refractivity (Wildman–Crippen MR) is 73.5 cm³/mol. The first-order valence-electron chi connectivity index (χ1n) is 6.68. The maximum Gasteiger partial charge on any atom is 0.377 e. The molecule has 0 unspecified atom stereocenters. The van der Waals surface area contributed by atoms with Gasteiger partial charge in [0.05, 0.1) is 19.8 Å². The quantitative estimate of drug-likeness (QED) is 0.193. The van der Waals surface area contributed by atoms with Gasteiger partial charge in [-0.1, -0.05) is 0 Å². The molecule has 0 bridgehead atoms. The third-order valence-corrected chi connectivity index (χ3v) is 2.99. The van der Waals surface area contributed by atoms with Crippen LogP contribution in [0.2, 0.25) is 0 Å². The highest BCUT2D eigenvalue weighted by atomic mass is 16.6. The maximum absolute atomic E-state index is 10.5. The molecule has 1 heterocycles. The van der Waals surface area contributed by atoms with Gasteiger partial charge in [0.25, 0.3) is 0 Å². The fourth-order valence-electron chi connectivity index (χ4n) is 1.49. The maximum atomic E-state index is 10.5. The first kappa shape index (κ1) is 22.5. The second-order valence-corrected chi connectivity index (χ2v) is 4.79. The smallest absolute Gasteiger partial charge is 0.377 e. The van der Waals surface area contributed by atoms with Crippen LogP contribution in [0.15, 0.2) is 11.5 Å². The van der Waals surface area contributed by atoms with Crippen LogP contribution in [-0.4, -0.2) is 113 Å². The van der Waals surface area contributed by atoms with Crippen LogP contribution in [0.5, 0.6) is 0 Å². The van der Waals surface area contributed by atoms with Gasteiger partial charge in [0.1, 0.15) is 30.5 Å². The van der Waals surface area contributed by atoms with Crippen molar-refractivity contribution in [1.29, 1.82) is 0 Å². The first-order valence-corrected chi connectivity index (χ1v) is 6.68. The minimum absolute atomic E-state index is 0.671. The van der Waals surface area contributed by atoms with Crippen molar-refractivity contribution in [3.8, 4) is 0 Å². The normalized spacial score (nSPS) is 23.7. The van der Waals surface area contributed by atoms with Crippen molar-refractivity contribution in [3.63, 3.8) is 0 Å². The fraction of sp³-hybridized carbons (Fsp3) is 0.750. The molecule has 0 aromatic carbocycles. The van der Waals surface area contributed by atoms with Crippen LogP contribution in [-0.2, 0) is 9.53 Å². The molecule has 0 radical (unpaired) electrons. The third-order valence-electron chi connectivity index (χ3n) is 2.99. The summed E-state index contributed by atoms with van der Waals surface area (Å²) in [6.07, 6.45) is -9.17. The van der Waals surface area contributed by atoms with E-state index in [4.69, 9.17) is 51.1 Å². The number of hydrogen-bond acceptors (Lipinski definition) is 12. The Balaban J connectivity index is 0.000000441. The highest BCUT2D eigenvalue weighted by Crippen LogP contribution is 2.20. The van der Waals surface area contributed by atoms with E-state index in [1.165, 1.54) is 0 Å². The Hall–Kier alpha value is -1.51. The van der Waals surface area contributed by atoms with E-state index in [0.717, 1.165) is 0 Å². The average molecular weight is 358 g/mol. The minimum atomic E-state index is -1.67. The highest BCUT2D eigenvalue weighted by molar-refractivity contribution is 5.89. The molecule has 1 aliphatic heterocycles. The summed E-state index contributed by atoms with van der Waals surface area (Å²) in [4.78, 5) is 10.5. The van der Waals surface area contributed by atoms with Gasteiger partial charge >= 0.3 is 5.97 Å². The zero-order valence-corrected chi connectivity index (χ0v) is 12.4. The summed E-state index contributed by atoms with van der Waals surface area (Å²) in [5.41, 5.74) is 0. The summed E-state index contributed by atoms with van der Waals surface area (Å²) in [7, 11) is 0. The summed E-state index contributed by atoms with van der Waals surface area (Å²) in [6, 6.07) is 0. The van der Waals surface area contributed by atoms with Crippen molar-refractivity contribution in [3.05, 3.63) is 11.5 Å². The average Bonchev–Trinajstić information content (AvgIpc) is 2.86. The van der Waals surface area contributed by atoms with E-state index < -0.39 is 73.9 Å². The molecule has 24 heavy (non-hydrogen) atoms. The Morgan fingerprint density at radius 2 is 1.25 bits per heavy atom. The molecule has 12 heteroatoms. The van der Waals surface area contributed by atoms with Crippen LogP contribution >= 0.6 is 0 Å². The first-order chi connectivity index (χ1) is 11.1. The lowest BCUT2D eigenvalue weighted by Crippen LogP contribution is -2.46. The van der Waals surface area contributed by atoms with E-state index in [2.05, 4.69) is 4.74 Å². The van der Waals surface area contributed by atoms with Crippen LogP contribution < -0.4 is 0 Å². The van der Waals surface area contributed by atoms with E-state index in [-0.39, 0.29) is 0 Å². The van der Waals surface area contributed by atoms with Crippen LogP contribution in [0.25, 0.3) is 0 Å². The molecular formula is C12H22O12. The number of hydrogen-bond donors (Lipinski definition) is 10. The van der Waals surface area contributed by atoms with Gasteiger partial charge in [0, 0.05) is 0 Å². The van der Waals surface area contributed by atoms with Crippen molar-refractivity contribution < 1.29 is 60.6 Å². The molecule has 1 aliphatic rings. The largest absolute Gasteiger partial charge is 0.505 e. The molecule has 0 amide bonds. The van der Waals surface area contributed by atoms with Gasteiger partial charge in [0.2, 0.25) is 5.76 Å². The molecule has 0 aromatic rings. The highest BCUT2D eigenvalue weighted by Gasteiger charge is 2.38. The second kappa shape index (κ2) is 10.4. The van der Waals surface area contributed by atoms with E-state index in [0.29, 0.717) is 0 Å². The fourth-order valence-corrected chi connectivity index (χ4v) is 1.49. The summed E-state index contributed by atoms with van der Waals surface area (Å²) in [6.45, 7) is -2.12. The molecule has 0 saturated heterocycles. The van der Waals surface area contributed by atoms with Gasteiger partial charge in [-0.05, 0) is 0 Å². The van der Waals surface area contributed by atoms with Gasteiger partial charge in [-0.2, -0.15) is 0 Å². The van der Waals surface area contributed by atoms with Crippen molar-refractivity contribution >= 4 is 5.97 Å². The molecule has 1 rings (SSSR count). The number of carbonyl (C=O) groups excluding carboxylic acids is 1. The van der Waals surface area contributed by atoms with Gasteiger partial charge in [-0.15, -0.1) is 0 Å². The summed E-state index contributed by atoms with van der Waals surface area (Å²) >= 11 is 0. The van der Waals surface area contributed by atoms with Crippen molar-refractivity contribution in [2.75, 3.05) is 19.8 Å². The molecule has 142 valence electrons. The standard InChI is InChI=1S/C6H8O6.C6H14O6/c7-1-2(8)5-3(9)4(10)6(11)12-5;7-1-3(9)5(11)6(12)4(10)2-8/h2,5,7-10H,1H2;3-12H,1-2H2/t2-,5+;3-,4+,5-,6-/m01/s1. The number of carbonyl (C=O) groups is 1. The zero-order valence-electron chi connectivity index (χ0n) is 12.4. The lowest BCUT2D eigenvalue weighted by atomic mass is 10.0. The van der Waals surface area contributed by atoms with E-state index >= 15 is 0 Å². The summed E-state index contributed by atoms with van der Waals surface area (Å²) in [5.74, 6) is -2.78. The van der Waals surface area contributed by atoms with Crippen LogP contribution in [0.1, 0.15) is 0 Å². The van der Waals surface area contributed by atoms with Crippen molar-refractivity contribution in [2.24, 2.45) is 0 Å². The monoisotopic (exact) mass is 358 g/mol. The number of aliphatic hydroxyl groups excluding tert-OH is 10. The Morgan fingerprint density at radius 1 is 0.833 bits per heavy atom. The molecule has 12 nitrogen and oxygen atoms in total. The molecule has 0 aromatic heterocycles. The predicted octanol–water partition coefficient (Wildman–Crippen LogP) is -4.99. The molecule has 6 atom stereocenters. The van der Waals surface area contributed by atoms with Gasteiger partial charge < -0.3 is 55.8 Å². The molecular weight excluding hydrogens is 336 g/mol. The number of aliphatic hydroxyl groups is 10. The van der Waals surface area contributed by atoms with Crippen molar-refractivity contribution in [1.82, 2.24) is 0 Å². The Labute approximate surface area is 135 Å². The Bertz CT molecular complexity index is 410.